The van der Waals surface area contributed by atoms with Crippen molar-refractivity contribution >= 4 is 8.80 Å². The van der Waals surface area contributed by atoms with Crippen LogP contribution in [-0.2, 0) is 18.0 Å². The minimum atomic E-state index is -2.43. The second kappa shape index (κ2) is 14.0. The molecule has 0 saturated heterocycles. The average molecular weight is 308 g/mol. The Kier molecular flexibility index (Phi) is 14.0. The number of unbranched alkanes of at least 4 members (excludes halogenated alkanes) is 2. The van der Waals surface area contributed by atoms with Gasteiger partial charge in [-0.3, -0.25) is 0 Å². The van der Waals surface area contributed by atoms with E-state index in [1.807, 2.05) is 27.8 Å². The SMILES string of the molecule is CCO[Si](CCCCCOCCNC)(OCC)OCC. The Balaban J connectivity index is 3.82. The highest BCUT2D eigenvalue weighted by molar-refractivity contribution is 6.60. The van der Waals surface area contributed by atoms with Gasteiger partial charge >= 0.3 is 8.80 Å². The average Bonchev–Trinajstić information content (AvgIpc) is 2.43. The van der Waals surface area contributed by atoms with Crippen LogP contribution in [0.25, 0.3) is 0 Å². The summed E-state index contributed by atoms with van der Waals surface area (Å²) in [6.45, 7) is 10.5. The maximum Gasteiger partial charge on any atom is 0.500 e. The zero-order chi connectivity index (χ0) is 15.1. The molecule has 122 valence electrons. The molecule has 0 aromatic heterocycles. The zero-order valence-electron chi connectivity index (χ0n) is 13.7. The van der Waals surface area contributed by atoms with Gasteiger partial charge in [-0.1, -0.05) is 6.42 Å². The van der Waals surface area contributed by atoms with Crippen LogP contribution in [0.15, 0.2) is 0 Å². The van der Waals surface area contributed by atoms with Gasteiger partial charge in [0.1, 0.15) is 0 Å². The first kappa shape index (κ1) is 20.0. The molecule has 5 nitrogen and oxygen atoms in total. The van der Waals surface area contributed by atoms with Crippen LogP contribution in [0.2, 0.25) is 6.04 Å². The first-order valence-corrected chi connectivity index (χ1v) is 9.82. The van der Waals surface area contributed by atoms with Gasteiger partial charge in [-0.15, -0.1) is 0 Å². The third-order valence-corrected chi connectivity index (χ3v) is 6.01. The van der Waals surface area contributed by atoms with Crippen molar-refractivity contribution in [2.45, 2.75) is 46.1 Å². The second-order valence-electron chi connectivity index (χ2n) is 4.51. The summed E-state index contributed by atoms with van der Waals surface area (Å²) in [5.74, 6) is 0. The van der Waals surface area contributed by atoms with Crippen LogP contribution in [-0.4, -0.2) is 55.4 Å². The predicted octanol–water partition coefficient (Wildman–Crippen LogP) is 2.44. The van der Waals surface area contributed by atoms with E-state index in [2.05, 4.69) is 5.32 Å². The van der Waals surface area contributed by atoms with Crippen LogP contribution in [0.5, 0.6) is 0 Å². The van der Waals surface area contributed by atoms with Gasteiger partial charge in [0.2, 0.25) is 0 Å². The van der Waals surface area contributed by atoms with Gasteiger partial charge in [0.15, 0.2) is 0 Å². The van der Waals surface area contributed by atoms with Crippen LogP contribution in [0.3, 0.4) is 0 Å². The Hall–Kier alpha value is 0.0169. The maximum atomic E-state index is 5.83. The molecule has 0 aliphatic heterocycles. The number of ether oxygens (including phenoxy) is 1. The van der Waals surface area contributed by atoms with E-state index in [9.17, 15) is 0 Å². The molecule has 0 heterocycles. The van der Waals surface area contributed by atoms with Gasteiger partial charge in [-0.2, -0.15) is 0 Å². The smallest absolute Gasteiger partial charge is 0.380 e. The molecule has 0 unspecified atom stereocenters. The molecule has 0 saturated carbocycles. The van der Waals surface area contributed by atoms with Crippen molar-refractivity contribution in [2.24, 2.45) is 0 Å². The van der Waals surface area contributed by atoms with E-state index in [1.165, 1.54) is 0 Å². The van der Waals surface area contributed by atoms with E-state index in [0.29, 0.717) is 19.8 Å². The van der Waals surface area contributed by atoms with Gasteiger partial charge in [0.25, 0.3) is 0 Å². The quantitative estimate of drug-likeness (QED) is 0.372. The zero-order valence-corrected chi connectivity index (χ0v) is 14.7. The second-order valence-corrected chi connectivity index (χ2v) is 7.24. The first-order valence-electron chi connectivity index (χ1n) is 7.88. The van der Waals surface area contributed by atoms with Crippen molar-refractivity contribution in [3.63, 3.8) is 0 Å². The Morgan fingerprint density at radius 2 is 1.40 bits per heavy atom. The lowest BCUT2D eigenvalue weighted by atomic mass is 10.3. The number of nitrogens with one attached hydrogen (secondary N) is 1. The van der Waals surface area contributed by atoms with E-state index in [4.69, 9.17) is 18.0 Å². The lowest BCUT2D eigenvalue weighted by molar-refractivity contribution is 0.0702. The Morgan fingerprint density at radius 1 is 0.800 bits per heavy atom. The molecule has 0 fully saturated rings. The summed E-state index contributed by atoms with van der Waals surface area (Å²) < 4.78 is 23.0. The number of likely N-dealkylation sites (N-methyl/N-ethyl adjacent to an activating group) is 1. The minimum absolute atomic E-state index is 0.652. The van der Waals surface area contributed by atoms with Gasteiger partial charge in [0, 0.05) is 39.0 Å². The lowest BCUT2D eigenvalue weighted by Crippen LogP contribution is -2.45. The highest BCUT2D eigenvalue weighted by Gasteiger charge is 2.39. The fourth-order valence-electron chi connectivity index (χ4n) is 2.00. The molecule has 0 aromatic rings. The minimum Gasteiger partial charge on any atom is -0.380 e. The largest absolute Gasteiger partial charge is 0.500 e. The van der Waals surface area contributed by atoms with Gasteiger partial charge in [0.05, 0.1) is 6.61 Å². The fraction of sp³-hybridized carbons (Fsp3) is 1.00. The van der Waals surface area contributed by atoms with Crippen LogP contribution < -0.4 is 5.32 Å². The molecule has 1 N–H and O–H groups in total. The Labute approximate surface area is 125 Å². The van der Waals surface area contributed by atoms with Gasteiger partial charge in [-0.25, -0.2) is 0 Å². The van der Waals surface area contributed by atoms with E-state index in [1.54, 1.807) is 0 Å². The normalized spacial score (nSPS) is 12.0. The van der Waals surface area contributed by atoms with Crippen LogP contribution in [0.4, 0.5) is 0 Å². The highest BCUT2D eigenvalue weighted by Crippen LogP contribution is 2.19. The molecule has 0 aliphatic rings. The summed E-state index contributed by atoms with van der Waals surface area (Å²) >= 11 is 0. The van der Waals surface area contributed by atoms with Crippen LogP contribution in [0.1, 0.15) is 40.0 Å². The summed E-state index contributed by atoms with van der Waals surface area (Å²) in [4.78, 5) is 0. The molecular weight excluding hydrogens is 274 g/mol. The molecule has 0 spiro atoms. The lowest BCUT2D eigenvalue weighted by Gasteiger charge is -2.28. The van der Waals surface area contributed by atoms with E-state index in [-0.39, 0.29) is 0 Å². The van der Waals surface area contributed by atoms with Gasteiger partial charge < -0.3 is 23.3 Å². The van der Waals surface area contributed by atoms with Crippen LogP contribution in [0, 0.1) is 0 Å². The monoisotopic (exact) mass is 307 g/mol. The summed E-state index contributed by atoms with van der Waals surface area (Å²) in [6.07, 6.45) is 3.28. The van der Waals surface area contributed by atoms with Crippen molar-refractivity contribution < 1.29 is 18.0 Å². The maximum absolute atomic E-state index is 5.83. The topological polar surface area (TPSA) is 49.0 Å². The molecule has 6 heteroatoms. The summed E-state index contributed by atoms with van der Waals surface area (Å²) in [6, 6.07) is 0.902. The molecule has 0 aromatic carbocycles. The number of hydrogen-bond donors (Lipinski definition) is 1. The predicted molar refractivity (Wildman–Crippen MR) is 84.0 cm³/mol. The van der Waals surface area contributed by atoms with E-state index in [0.717, 1.165) is 45.1 Å². The Morgan fingerprint density at radius 3 is 1.90 bits per heavy atom. The third-order valence-electron chi connectivity index (χ3n) is 2.86. The molecule has 0 atom stereocenters. The van der Waals surface area contributed by atoms with E-state index >= 15 is 0 Å². The van der Waals surface area contributed by atoms with Crippen molar-refractivity contribution in [3.8, 4) is 0 Å². The van der Waals surface area contributed by atoms with Crippen molar-refractivity contribution in [1.29, 1.82) is 0 Å². The standard InChI is InChI=1S/C14H33NO4Si/c1-5-17-20(18-6-2,19-7-3)14-10-8-9-12-16-13-11-15-4/h15H,5-14H2,1-4H3. The third kappa shape index (κ3) is 9.85. The van der Waals surface area contributed by atoms with Gasteiger partial charge in [-0.05, 0) is 40.7 Å². The number of hydrogen-bond acceptors (Lipinski definition) is 5. The molecule has 20 heavy (non-hydrogen) atoms. The van der Waals surface area contributed by atoms with E-state index < -0.39 is 8.80 Å². The number of rotatable bonds is 15. The van der Waals surface area contributed by atoms with Crippen molar-refractivity contribution in [3.05, 3.63) is 0 Å². The molecule has 0 amide bonds. The fourth-order valence-corrected chi connectivity index (χ4v) is 4.69. The molecule has 0 rings (SSSR count). The molecule has 0 aliphatic carbocycles. The summed E-state index contributed by atoms with van der Waals surface area (Å²) in [7, 11) is -0.494. The molecule has 0 radical (unpaired) electrons. The molecular formula is C14H33NO4Si. The summed E-state index contributed by atoms with van der Waals surface area (Å²) in [5, 5.41) is 3.06. The van der Waals surface area contributed by atoms with Crippen molar-refractivity contribution in [2.75, 3.05) is 46.6 Å². The first-order chi connectivity index (χ1) is 9.74. The highest BCUT2D eigenvalue weighted by atomic mass is 28.4. The summed E-state index contributed by atoms with van der Waals surface area (Å²) in [5.41, 5.74) is 0. The Bertz CT molecular complexity index is 191. The van der Waals surface area contributed by atoms with Crippen molar-refractivity contribution in [1.82, 2.24) is 5.32 Å². The van der Waals surface area contributed by atoms with Crippen LogP contribution >= 0.6 is 0 Å². The molecule has 0 bridgehead atoms.